The lowest BCUT2D eigenvalue weighted by molar-refractivity contribution is 0.0322. The van der Waals surface area contributed by atoms with Crippen LogP contribution in [0.4, 0.5) is 0 Å². The van der Waals surface area contributed by atoms with Crippen molar-refractivity contribution in [2.45, 2.75) is 0 Å². The molecule has 0 amide bonds. The highest BCUT2D eigenvalue weighted by Gasteiger charge is 2.09. The normalized spacial score (nSPS) is 16.6. The lowest BCUT2D eigenvalue weighted by Gasteiger charge is -2.26. The first kappa shape index (κ1) is 12.3. The Bertz CT molecular complexity index is 541. The quantitative estimate of drug-likeness (QED) is 0.829. The van der Waals surface area contributed by atoms with Gasteiger partial charge < -0.3 is 9.47 Å². The number of hydrogen-bond acceptors (Lipinski definition) is 5. The van der Waals surface area contributed by atoms with Gasteiger partial charge in [-0.2, -0.15) is 0 Å². The van der Waals surface area contributed by atoms with E-state index in [1.807, 2.05) is 18.2 Å². The molecule has 0 saturated carbocycles. The Labute approximate surface area is 112 Å². The standard InChI is InChI=1S/C14H17N3O2/c1-2-13(9-14-12(1)10-15-11-16-14)19-8-5-17-3-6-18-7-4-17/h1-2,9-11H,3-8H2. The van der Waals surface area contributed by atoms with E-state index in [0.717, 1.165) is 49.5 Å². The van der Waals surface area contributed by atoms with E-state index >= 15 is 0 Å². The summed E-state index contributed by atoms with van der Waals surface area (Å²) in [6.07, 6.45) is 3.36. The van der Waals surface area contributed by atoms with Gasteiger partial charge in [0, 0.05) is 37.3 Å². The average molecular weight is 259 g/mol. The summed E-state index contributed by atoms with van der Waals surface area (Å²) >= 11 is 0. The number of rotatable bonds is 4. The predicted molar refractivity (Wildman–Crippen MR) is 72.3 cm³/mol. The monoisotopic (exact) mass is 259 g/mol. The second-order valence-electron chi connectivity index (χ2n) is 4.55. The van der Waals surface area contributed by atoms with Gasteiger partial charge in [0.2, 0.25) is 0 Å². The van der Waals surface area contributed by atoms with E-state index in [1.165, 1.54) is 0 Å². The molecule has 0 bridgehead atoms. The Balaban J connectivity index is 1.56. The molecule has 1 aromatic carbocycles. The van der Waals surface area contributed by atoms with E-state index in [-0.39, 0.29) is 0 Å². The Morgan fingerprint density at radius 2 is 2.16 bits per heavy atom. The maximum absolute atomic E-state index is 5.77. The molecule has 1 aliphatic heterocycles. The van der Waals surface area contributed by atoms with Crippen LogP contribution >= 0.6 is 0 Å². The highest BCUT2D eigenvalue weighted by molar-refractivity contribution is 5.78. The third-order valence-electron chi connectivity index (χ3n) is 3.26. The fourth-order valence-corrected chi connectivity index (χ4v) is 2.16. The van der Waals surface area contributed by atoms with Crippen LogP contribution in [-0.4, -0.2) is 54.3 Å². The second kappa shape index (κ2) is 5.95. The third kappa shape index (κ3) is 3.19. The van der Waals surface area contributed by atoms with Gasteiger partial charge in [-0.3, -0.25) is 4.90 Å². The van der Waals surface area contributed by atoms with Gasteiger partial charge in [-0.25, -0.2) is 9.97 Å². The van der Waals surface area contributed by atoms with Crippen LogP contribution in [0.1, 0.15) is 0 Å². The number of morpholine rings is 1. The van der Waals surface area contributed by atoms with Crippen molar-refractivity contribution in [3.63, 3.8) is 0 Å². The Kier molecular flexibility index (Phi) is 3.86. The first-order valence-corrected chi connectivity index (χ1v) is 6.54. The lowest BCUT2D eigenvalue weighted by atomic mass is 10.2. The summed E-state index contributed by atoms with van der Waals surface area (Å²) in [6.45, 7) is 5.27. The highest BCUT2D eigenvalue weighted by atomic mass is 16.5. The van der Waals surface area contributed by atoms with Gasteiger partial charge >= 0.3 is 0 Å². The maximum Gasteiger partial charge on any atom is 0.121 e. The molecule has 100 valence electrons. The van der Waals surface area contributed by atoms with Gasteiger partial charge in [0.05, 0.1) is 18.7 Å². The van der Waals surface area contributed by atoms with E-state index < -0.39 is 0 Å². The predicted octanol–water partition coefficient (Wildman–Crippen LogP) is 1.34. The summed E-state index contributed by atoms with van der Waals surface area (Å²) in [6, 6.07) is 5.90. The zero-order chi connectivity index (χ0) is 12.9. The molecule has 0 spiro atoms. The van der Waals surface area contributed by atoms with Crippen molar-refractivity contribution < 1.29 is 9.47 Å². The number of hydrogen-bond donors (Lipinski definition) is 0. The minimum Gasteiger partial charge on any atom is -0.492 e. The minimum absolute atomic E-state index is 0.691. The third-order valence-corrected chi connectivity index (χ3v) is 3.26. The summed E-state index contributed by atoms with van der Waals surface area (Å²) in [5, 5.41) is 1.03. The zero-order valence-corrected chi connectivity index (χ0v) is 10.8. The fourth-order valence-electron chi connectivity index (χ4n) is 2.16. The van der Waals surface area contributed by atoms with Gasteiger partial charge in [-0.05, 0) is 12.1 Å². The van der Waals surface area contributed by atoms with Gasteiger partial charge in [-0.15, -0.1) is 0 Å². The van der Waals surface area contributed by atoms with E-state index in [1.54, 1.807) is 12.5 Å². The largest absolute Gasteiger partial charge is 0.492 e. The summed E-state index contributed by atoms with van der Waals surface area (Å²) < 4.78 is 11.1. The van der Waals surface area contributed by atoms with Crippen molar-refractivity contribution in [3.05, 3.63) is 30.7 Å². The van der Waals surface area contributed by atoms with Gasteiger partial charge in [0.1, 0.15) is 18.7 Å². The molecular formula is C14H17N3O2. The smallest absolute Gasteiger partial charge is 0.121 e. The minimum atomic E-state index is 0.691. The lowest BCUT2D eigenvalue weighted by Crippen LogP contribution is -2.38. The van der Waals surface area contributed by atoms with Crippen LogP contribution in [0.5, 0.6) is 5.75 Å². The molecule has 19 heavy (non-hydrogen) atoms. The van der Waals surface area contributed by atoms with Crippen LogP contribution in [-0.2, 0) is 4.74 Å². The van der Waals surface area contributed by atoms with Crippen LogP contribution in [0.3, 0.4) is 0 Å². The fraction of sp³-hybridized carbons (Fsp3) is 0.429. The van der Waals surface area contributed by atoms with Crippen molar-refractivity contribution in [3.8, 4) is 5.75 Å². The average Bonchev–Trinajstić information content (AvgIpc) is 2.48. The molecule has 1 aliphatic rings. The second-order valence-corrected chi connectivity index (χ2v) is 4.55. The first-order valence-electron chi connectivity index (χ1n) is 6.54. The van der Waals surface area contributed by atoms with Crippen molar-refractivity contribution in [2.24, 2.45) is 0 Å². The molecule has 1 saturated heterocycles. The molecule has 3 rings (SSSR count). The zero-order valence-electron chi connectivity index (χ0n) is 10.8. The Hall–Kier alpha value is -1.72. The Morgan fingerprint density at radius 1 is 1.26 bits per heavy atom. The summed E-state index contributed by atoms with van der Waals surface area (Å²) in [4.78, 5) is 10.6. The number of fused-ring (bicyclic) bond motifs is 1. The molecule has 2 aromatic rings. The molecule has 2 heterocycles. The van der Waals surface area contributed by atoms with Gasteiger partial charge in [0.15, 0.2) is 0 Å². The van der Waals surface area contributed by atoms with Crippen LogP contribution < -0.4 is 4.74 Å². The number of ether oxygens (including phenoxy) is 2. The van der Waals surface area contributed by atoms with Crippen molar-refractivity contribution in [1.82, 2.24) is 14.9 Å². The SMILES string of the molecule is c1ncc2ccc(OCCN3CCOCC3)cc2n1. The molecule has 0 aliphatic carbocycles. The highest BCUT2D eigenvalue weighted by Crippen LogP contribution is 2.17. The van der Waals surface area contributed by atoms with Crippen molar-refractivity contribution in [2.75, 3.05) is 39.5 Å². The molecule has 5 heteroatoms. The summed E-state index contributed by atoms with van der Waals surface area (Å²) in [5.41, 5.74) is 0.916. The Morgan fingerprint density at radius 3 is 3.05 bits per heavy atom. The molecule has 0 unspecified atom stereocenters. The molecule has 0 N–H and O–H groups in total. The van der Waals surface area contributed by atoms with E-state index in [0.29, 0.717) is 6.61 Å². The van der Waals surface area contributed by atoms with Crippen molar-refractivity contribution >= 4 is 10.9 Å². The summed E-state index contributed by atoms with van der Waals surface area (Å²) in [5.74, 6) is 0.861. The number of benzene rings is 1. The molecule has 1 fully saturated rings. The molecule has 0 radical (unpaired) electrons. The molecule has 1 aromatic heterocycles. The van der Waals surface area contributed by atoms with E-state index in [9.17, 15) is 0 Å². The number of aromatic nitrogens is 2. The van der Waals surface area contributed by atoms with Crippen LogP contribution in [0.25, 0.3) is 10.9 Å². The van der Waals surface area contributed by atoms with Crippen LogP contribution in [0.2, 0.25) is 0 Å². The maximum atomic E-state index is 5.77. The van der Waals surface area contributed by atoms with E-state index in [4.69, 9.17) is 9.47 Å². The first-order chi connectivity index (χ1) is 9.42. The summed E-state index contributed by atoms with van der Waals surface area (Å²) in [7, 11) is 0. The molecule has 0 atom stereocenters. The van der Waals surface area contributed by atoms with Crippen LogP contribution in [0, 0.1) is 0 Å². The number of nitrogens with zero attached hydrogens (tertiary/aromatic N) is 3. The van der Waals surface area contributed by atoms with Crippen LogP contribution in [0.15, 0.2) is 30.7 Å². The molecular weight excluding hydrogens is 242 g/mol. The van der Waals surface area contributed by atoms with Gasteiger partial charge in [-0.1, -0.05) is 0 Å². The van der Waals surface area contributed by atoms with E-state index in [2.05, 4.69) is 14.9 Å². The van der Waals surface area contributed by atoms with Crippen molar-refractivity contribution in [1.29, 1.82) is 0 Å². The topological polar surface area (TPSA) is 47.5 Å². The molecule has 5 nitrogen and oxygen atoms in total. The van der Waals surface area contributed by atoms with Gasteiger partial charge in [0.25, 0.3) is 0 Å².